The second kappa shape index (κ2) is 10.8. The Hall–Kier alpha value is -3.56. The van der Waals surface area contributed by atoms with Crippen molar-refractivity contribution in [2.75, 3.05) is 25.6 Å². The summed E-state index contributed by atoms with van der Waals surface area (Å²) in [6.45, 7) is 1.40. The number of nitrogens with two attached hydrogens (primary N) is 1. The Morgan fingerprint density at radius 1 is 1.12 bits per heavy atom. The number of amides is 2. The van der Waals surface area contributed by atoms with Crippen LogP contribution in [-0.4, -0.2) is 38.1 Å². The van der Waals surface area contributed by atoms with E-state index in [2.05, 4.69) is 5.32 Å². The molecule has 0 saturated heterocycles. The highest BCUT2D eigenvalue weighted by molar-refractivity contribution is 7.21. The number of benzene rings is 2. The number of ether oxygens (including phenoxy) is 3. The molecule has 0 saturated carbocycles. The van der Waals surface area contributed by atoms with Crippen molar-refractivity contribution >= 4 is 45.7 Å². The third-order valence-electron chi connectivity index (χ3n) is 4.47. The molecule has 0 radical (unpaired) electrons. The number of thiophene rings is 1. The van der Waals surface area contributed by atoms with E-state index in [9.17, 15) is 14.4 Å². The minimum absolute atomic E-state index is 0.0693. The molecule has 3 N–H and O–H groups in total. The molecule has 0 aliphatic heterocycles. The molecule has 0 unspecified atom stereocenters. The molecule has 1 heterocycles. The molecule has 8 nitrogen and oxygen atoms in total. The molecule has 3 rings (SSSR count). The van der Waals surface area contributed by atoms with Gasteiger partial charge in [0.15, 0.2) is 6.61 Å². The number of carbonyl (C=O) groups is 3. The van der Waals surface area contributed by atoms with E-state index >= 15 is 0 Å². The van der Waals surface area contributed by atoms with Gasteiger partial charge in [-0.1, -0.05) is 41.9 Å². The van der Waals surface area contributed by atoms with E-state index in [0.29, 0.717) is 21.2 Å². The number of esters is 1. The van der Waals surface area contributed by atoms with Crippen molar-refractivity contribution in [1.29, 1.82) is 0 Å². The predicted molar refractivity (Wildman–Crippen MR) is 126 cm³/mol. The lowest BCUT2D eigenvalue weighted by molar-refractivity contribution is -0.118. The lowest BCUT2D eigenvalue weighted by Gasteiger charge is -2.12. The van der Waals surface area contributed by atoms with Gasteiger partial charge in [-0.3, -0.25) is 9.59 Å². The third kappa shape index (κ3) is 5.63. The van der Waals surface area contributed by atoms with E-state index in [1.165, 1.54) is 19.2 Å². The maximum atomic E-state index is 12.7. The molecule has 10 heteroatoms. The summed E-state index contributed by atoms with van der Waals surface area (Å²) in [7, 11) is 1.45. The molecule has 0 fully saturated rings. The van der Waals surface area contributed by atoms with E-state index in [4.69, 9.17) is 31.5 Å². The summed E-state index contributed by atoms with van der Waals surface area (Å²) in [5.41, 5.74) is 6.80. The predicted octanol–water partition coefficient (Wildman–Crippen LogP) is 4.37. The Balaban J connectivity index is 1.84. The highest BCUT2D eigenvalue weighted by Crippen LogP contribution is 2.44. The zero-order chi connectivity index (χ0) is 24.0. The highest BCUT2D eigenvalue weighted by Gasteiger charge is 2.26. The van der Waals surface area contributed by atoms with Gasteiger partial charge >= 0.3 is 5.97 Å². The number of methoxy groups -OCH3 is 1. The fourth-order valence-electron chi connectivity index (χ4n) is 3.01. The minimum atomic E-state index is -0.730. The van der Waals surface area contributed by atoms with Crippen molar-refractivity contribution in [2.24, 2.45) is 5.73 Å². The number of hydrogen-bond donors (Lipinski definition) is 2. The second-order valence-corrected chi connectivity index (χ2v) is 8.23. The van der Waals surface area contributed by atoms with Crippen LogP contribution in [0.3, 0.4) is 0 Å². The molecule has 3 aromatic rings. The fraction of sp³-hybridized carbons (Fsp3) is 0.174. The molecule has 0 bridgehead atoms. The minimum Gasteiger partial charge on any atom is -0.497 e. The molecular weight excluding hydrogens is 468 g/mol. The standard InChI is InChI=1S/C23H21ClN2O6S/c1-3-31-23(29)19-18(13-7-5-4-6-8-13)20(24)33-22(19)26-17(27)12-32-16-10-9-14(30-2)11-15(16)21(25)28/h4-11H,3,12H2,1-2H3,(H2,25,28)(H,26,27). The van der Waals surface area contributed by atoms with E-state index in [1.807, 2.05) is 18.2 Å². The van der Waals surface area contributed by atoms with Crippen LogP contribution in [0, 0.1) is 0 Å². The number of hydrogen-bond acceptors (Lipinski definition) is 7. The molecule has 0 aliphatic carbocycles. The van der Waals surface area contributed by atoms with E-state index < -0.39 is 24.4 Å². The van der Waals surface area contributed by atoms with Gasteiger partial charge in [-0.05, 0) is 30.7 Å². The van der Waals surface area contributed by atoms with Crippen LogP contribution in [-0.2, 0) is 9.53 Å². The van der Waals surface area contributed by atoms with Gasteiger partial charge < -0.3 is 25.3 Å². The Labute approximate surface area is 199 Å². The monoisotopic (exact) mass is 488 g/mol. The smallest absolute Gasteiger partial charge is 0.341 e. The molecule has 172 valence electrons. The molecule has 0 spiro atoms. The Bertz CT molecular complexity index is 1180. The van der Waals surface area contributed by atoms with Crippen LogP contribution in [0.4, 0.5) is 5.00 Å². The van der Waals surface area contributed by atoms with Gasteiger partial charge in [0.25, 0.3) is 11.8 Å². The average molecular weight is 489 g/mol. The lowest BCUT2D eigenvalue weighted by atomic mass is 10.0. The van der Waals surface area contributed by atoms with Gasteiger partial charge in [-0.15, -0.1) is 11.3 Å². The van der Waals surface area contributed by atoms with Crippen LogP contribution < -0.4 is 20.5 Å². The second-order valence-electron chi connectivity index (χ2n) is 6.60. The summed E-state index contributed by atoms with van der Waals surface area (Å²) < 4.78 is 16.1. The maximum absolute atomic E-state index is 12.7. The molecule has 2 amide bonds. The topological polar surface area (TPSA) is 117 Å². The van der Waals surface area contributed by atoms with Crippen molar-refractivity contribution in [3.05, 3.63) is 64.0 Å². The first-order valence-corrected chi connectivity index (χ1v) is 11.0. The molecule has 1 aromatic heterocycles. The lowest BCUT2D eigenvalue weighted by Crippen LogP contribution is -2.22. The number of nitrogens with one attached hydrogen (secondary N) is 1. The average Bonchev–Trinajstić information content (AvgIpc) is 3.13. The van der Waals surface area contributed by atoms with Gasteiger partial charge in [0.05, 0.1) is 19.3 Å². The van der Waals surface area contributed by atoms with Gasteiger partial charge in [0.2, 0.25) is 0 Å². The van der Waals surface area contributed by atoms with Crippen molar-refractivity contribution < 1.29 is 28.6 Å². The first-order chi connectivity index (χ1) is 15.8. The largest absolute Gasteiger partial charge is 0.497 e. The summed E-state index contributed by atoms with van der Waals surface area (Å²) in [5.74, 6) is -1.36. The molecule has 2 aromatic carbocycles. The van der Waals surface area contributed by atoms with Crippen LogP contribution in [0.25, 0.3) is 11.1 Å². The van der Waals surface area contributed by atoms with Gasteiger partial charge in [0.1, 0.15) is 26.4 Å². The quantitative estimate of drug-likeness (QED) is 0.432. The van der Waals surface area contributed by atoms with Crippen LogP contribution in [0.1, 0.15) is 27.6 Å². The molecule has 0 aliphatic rings. The Morgan fingerprint density at radius 2 is 1.85 bits per heavy atom. The van der Waals surface area contributed by atoms with E-state index in [-0.39, 0.29) is 28.5 Å². The van der Waals surface area contributed by atoms with Gasteiger partial charge in [0, 0.05) is 5.56 Å². The third-order valence-corrected chi connectivity index (χ3v) is 5.79. The van der Waals surface area contributed by atoms with E-state index in [1.54, 1.807) is 25.1 Å². The zero-order valence-electron chi connectivity index (χ0n) is 17.8. The summed E-state index contributed by atoms with van der Waals surface area (Å²) in [6.07, 6.45) is 0. The normalized spacial score (nSPS) is 10.4. The van der Waals surface area contributed by atoms with Crippen LogP contribution in [0.5, 0.6) is 11.5 Å². The summed E-state index contributed by atoms with van der Waals surface area (Å²) >= 11 is 7.47. The van der Waals surface area contributed by atoms with Crippen molar-refractivity contribution in [2.45, 2.75) is 6.92 Å². The van der Waals surface area contributed by atoms with Crippen LogP contribution >= 0.6 is 22.9 Å². The Morgan fingerprint density at radius 3 is 2.48 bits per heavy atom. The van der Waals surface area contributed by atoms with Gasteiger partial charge in [-0.2, -0.15) is 0 Å². The molecular formula is C23H21ClN2O6S. The number of primary amides is 1. The number of carbonyl (C=O) groups excluding carboxylic acids is 3. The molecule has 33 heavy (non-hydrogen) atoms. The zero-order valence-corrected chi connectivity index (χ0v) is 19.4. The summed E-state index contributed by atoms with van der Waals surface area (Å²) in [6, 6.07) is 13.5. The van der Waals surface area contributed by atoms with E-state index in [0.717, 1.165) is 11.3 Å². The first kappa shape index (κ1) is 24.1. The van der Waals surface area contributed by atoms with Crippen molar-refractivity contribution in [1.82, 2.24) is 0 Å². The Kier molecular flexibility index (Phi) is 7.92. The molecule has 0 atom stereocenters. The fourth-order valence-corrected chi connectivity index (χ4v) is 4.40. The summed E-state index contributed by atoms with van der Waals surface area (Å²) in [5, 5.41) is 2.88. The van der Waals surface area contributed by atoms with Crippen LogP contribution in [0.2, 0.25) is 4.34 Å². The van der Waals surface area contributed by atoms with Crippen LogP contribution in [0.15, 0.2) is 48.5 Å². The highest BCUT2D eigenvalue weighted by atomic mass is 35.5. The van der Waals surface area contributed by atoms with Crippen molar-refractivity contribution in [3.63, 3.8) is 0 Å². The number of rotatable bonds is 9. The number of anilines is 1. The number of halogens is 1. The summed E-state index contributed by atoms with van der Waals surface area (Å²) in [4.78, 5) is 37.0. The van der Waals surface area contributed by atoms with Gasteiger partial charge in [-0.25, -0.2) is 4.79 Å². The first-order valence-electron chi connectivity index (χ1n) is 9.81. The van der Waals surface area contributed by atoms with Crippen molar-refractivity contribution in [3.8, 4) is 22.6 Å². The maximum Gasteiger partial charge on any atom is 0.341 e. The SMILES string of the molecule is CCOC(=O)c1c(NC(=O)COc2ccc(OC)cc2C(N)=O)sc(Cl)c1-c1ccccc1.